The van der Waals surface area contributed by atoms with Gasteiger partial charge in [-0.25, -0.2) is 13.9 Å². The first-order valence-electron chi connectivity index (χ1n) is 9.14. The summed E-state index contributed by atoms with van der Waals surface area (Å²) in [6.07, 6.45) is 3.20. The number of amides is 1. The van der Waals surface area contributed by atoms with E-state index in [1.54, 1.807) is 31.9 Å². The van der Waals surface area contributed by atoms with Gasteiger partial charge in [-0.2, -0.15) is 5.10 Å². The van der Waals surface area contributed by atoms with Crippen molar-refractivity contribution in [2.45, 2.75) is 6.92 Å². The normalized spacial score (nSPS) is 10.8. The van der Waals surface area contributed by atoms with Crippen LogP contribution in [0.1, 0.15) is 16.1 Å². The third kappa shape index (κ3) is 3.43. The second-order valence-corrected chi connectivity index (χ2v) is 6.58. The summed E-state index contributed by atoms with van der Waals surface area (Å²) < 4.78 is 25.3. The summed E-state index contributed by atoms with van der Waals surface area (Å²) in [6, 6.07) is 11.1. The number of carbonyl (C=O) groups excluding carboxylic acids is 1. The minimum absolute atomic E-state index is 0.350. The SMILES string of the molecule is COc1ccc(-c2cnn3c(C)c(C(=O)Nc4ccc(F)cc4)cnc23)cc1OC. The highest BCUT2D eigenvalue weighted by Crippen LogP contribution is 2.33. The fourth-order valence-corrected chi connectivity index (χ4v) is 3.21. The van der Waals surface area contributed by atoms with Gasteiger partial charge < -0.3 is 14.8 Å². The number of carbonyl (C=O) groups is 1. The number of benzene rings is 2. The average molecular weight is 406 g/mol. The Morgan fingerprint density at radius 3 is 2.47 bits per heavy atom. The van der Waals surface area contributed by atoms with Gasteiger partial charge in [-0.1, -0.05) is 6.07 Å². The van der Waals surface area contributed by atoms with Gasteiger partial charge in [0.1, 0.15) is 5.82 Å². The van der Waals surface area contributed by atoms with Gasteiger partial charge in [0.05, 0.1) is 31.7 Å². The lowest BCUT2D eigenvalue weighted by Gasteiger charge is -2.10. The first-order valence-corrected chi connectivity index (χ1v) is 9.14. The van der Waals surface area contributed by atoms with Gasteiger partial charge in [-0.05, 0) is 48.9 Å². The summed E-state index contributed by atoms with van der Waals surface area (Å²) in [5.41, 5.74) is 3.76. The molecular formula is C22H19FN4O3. The van der Waals surface area contributed by atoms with Crippen molar-refractivity contribution in [2.75, 3.05) is 19.5 Å². The predicted octanol–water partition coefficient (Wildman–Crippen LogP) is 4.11. The molecule has 2 aromatic carbocycles. The average Bonchev–Trinajstić information content (AvgIpc) is 3.20. The Morgan fingerprint density at radius 1 is 1.03 bits per heavy atom. The molecule has 0 saturated heterocycles. The number of rotatable bonds is 5. The third-order valence-corrected chi connectivity index (χ3v) is 4.81. The van der Waals surface area contributed by atoms with E-state index in [0.717, 1.165) is 11.1 Å². The van der Waals surface area contributed by atoms with Crippen LogP contribution in [0.2, 0.25) is 0 Å². The van der Waals surface area contributed by atoms with E-state index in [1.165, 1.54) is 30.5 Å². The highest BCUT2D eigenvalue weighted by atomic mass is 19.1. The number of nitrogens with one attached hydrogen (secondary N) is 1. The Kier molecular flexibility index (Phi) is 5.05. The van der Waals surface area contributed by atoms with E-state index in [9.17, 15) is 9.18 Å². The van der Waals surface area contributed by atoms with Crippen molar-refractivity contribution < 1.29 is 18.7 Å². The van der Waals surface area contributed by atoms with Gasteiger partial charge in [-0.3, -0.25) is 4.79 Å². The number of nitrogens with zero attached hydrogens (tertiary/aromatic N) is 3. The number of anilines is 1. The maximum atomic E-state index is 13.1. The topological polar surface area (TPSA) is 77.8 Å². The molecule has 0 atom stereocenters. The van der Waals surface area contributed by atoms with Crippen molar-refractivity contribution in [3.05, 3.63) is 71.9 Å². The summed E-state index contributed by atoms with van der Waals surface area (Å²) in [5.74, 6) is 0.506. The van der Waals surface area contributed by atoms with Crippen LogP contribution in [0.3, 0.4) is 0 Å². The molecule has 152 valence electrons. The van der Waals surface area contributed by atoms with E-state index in [1.807, 2.05) is 18.2 Å². The minimum atomic E-state index is -0.369. The molecule has 1 N–H and O–H groups in total. The van der Waals surface area contributed by atoms with Crippen molar-refractivity contribution in [2.24, 2.45) is 0 Å². The van der Waals surface area contributed by atoms with Crippen molar-refractivity contribution >= 4 is 17.2 Å². The summed E-state index contributed by atoms with van der Waals surface area (Å²) in [7, 11) is 3.16. The summed E-state index contributed by atoms with van der Waals surface area (Å²) in [5, 5.41) is 7.15. The number of hydrogen-bond donors (Lipinski definition) is 1. The molecule has 30 heavy (non-hydrogen) atoms. The molecule has 8 heteroatoms. The van der Waals surface area contributed by atoms with Crippen LogP contribution in [0.4, 0.5) is 10.1 Å². The highest BCUT2D eigenvalue weighted by Gasteiger charge is 2.17. The third-order valence-electron chi connectivity index (χ3n) is 4.81. The Bertz CT molecular complexity index is 1240. The van der Waals surface area contributed by atoms with Crippen molar-refractivity contribution in [3.63, 3.8) is 0 Å². The summed E-state index contributed by atoms with van der Waals surface area (Å²) >= 11 is 0. The molecular weight excluding hydrogens is 387 g/mol. The zero-order valence-electron chi connectivity index (χ0n) is 16.6. The van der Waals surface area contributed by atoms with Crippen molar-refractivity contribution in [1.29, 1.82) is 0 Å². The monoisotopic (exact) mass is 406 g/mol. The molecule has 4 rings (SSSR count). The molecule has 2 heterocycles. The van der Waals surface area contributed by atoms with E-state index in [0.29, 0.717) is 34.1 Å². The molecule has 4 aromatic rings. The van der Waals surface area contributed by atoms with Crippen LogP contribution < -0.4 is 14.8 Å². The molecule has 0 aliphatic carbocycles. The first-order chi connectivity index (χ1) is 14.5. The van der Waals surface area contributed by atoms with Crippen LogP contribution in [-0.4, -0.2) is 34.7 Å². The molecule has 0 aliphatic rings. The predicted molar refractivity (Wildman–Crippen MR) is 111 cm³/mol. The lowest BCUT2D eigenvalue weighted by molar-refractivity contribution is 0.102. The standard InChI is InChI=1S/C22H19FN4O3/c1-13-17(22(28)26-16-7-5-15(23)6-8-16)11-24-21-18(12-25-27(13)21)14-4-9-19(29-2)20(10-14)30-3/h4-12H,1-3H3,(H,26,28). The van der Waals surface area contributed by atoms with Crippen LogP contribution >= 0.6 is 0 Å². The molecule has 0 spiro atoms. The molecule has 1 amide bonds. The molecule has 0 bridgehead atoms. The van der Waals surface area contributed by atoms with Crippen LogP contribution in [-0.2, 0) is 0 Å². The van der Waals surface area contributed by atoms with Crippen LogP contribution in [0.15, 0.2) is 54.9 Å². The maximum Gasteiger partial charge on any atom is 0.259 e. The van der Waals surface area contributed by atoms with Gasteiger partial charge in [0.2, 0.25) is 0 Å². The number of ether oxygens (including phenoxy) is 2. The number of fused-ring (bicyclic) bond motifs is 1. The van der Waals surface area contributed by atoms with E-state index < -0.39 is 0 Å². The molecule has 7 nitrogen and oxygen atoms in total. The second kappa shape index (κ2) is 7.82. The van der Waals surface area contributed by atoms with Gasteiger partial charge in [-0.15, -0.1) is 0 Å². The van der Waals surface area contributed by atoms with Crippen LogP contribution in [0, 0.1) is 12.7 Å². The zero-order valence-corrected chi connectivity index (χ0v) is 16.6. The lowest BCUT2D eigenvalue weighted by atomic mass is 10.1. The van der Waals surface area contributed by atoms with E-state index in [4.69, 9.17) is 9.47 Å². The molecule has 0 saturated carbocycles. The van der Waals surface area contributed by atoms with Crippen molar-refractivity contribution in [3.8, 4) is 22.6 Å². The lowest BCUT2D eigenvalue weighted by Crippen LogP contribution is -2.16. The van der Waals surface area contributed by atoms with Gasteiger partial charge >= 0.3 is 0 Å². The van der Waals surface area contributed by atoms with E-state index in [-0.39, 0.29) is 11.7 Å². The summed E-state index contributed by atoms with van der Waals surface area (Å²) in [6.45, 7) is 1.79. The van der Waals surface area contributed by atoms with Crippen molar-refractivity contribution in [1.82, 2.24) is 14.6 Å². The zero-order chi connectivity index (χ0) is 21.3. The number of methoxy groups -OCH3 is 2. The Hall–Kier alpha value is -3.94. The number of halogens is 1. The molecule has 0 aliphatic heterocycles. The Labute approximate surface area is 172 Å². The fraction of sp³-hybridized carbons (Fsp3) is 0.136. The van der Waals surface area contributed by atoms with E-state index >= 15 is 0 Å². The minimum Gasteiger partial charge on any atom is -0.493 e. The molecule has 2 aromatic heterocycles. The number of hydrogen-bond acceptors (Lipinski definition) is 5. The first kappa shape index (κ1) is 19.4. The fourth-order valence-electron chi connectivity index (χ4n) is 3.21. The largest absolute Gasteiger partial charge is 0.493 e. The Morgan fingerprint density at radius 2 is 1.77 bits per heavy atom. The second-order valence-electron chi connectivity index (χ2n) is 6.58. The Balaban J connectivity index is 1.69. The van der Waals surface area contributed by atoms with Gasteiger partial charge in [0.15, 0.2) is 17.1 Å². The molecule has 0 unspecified atom stereocenters. The van der Waals surface area contributed by atoms with Crippen LogP contribution in [0.5, 0.6) is 11.5 Å². The smallest absolute Gasteiger partial charge is 0.259 e. The van der Waals surface area contributed by atoms with Gasteiger partial charge in [0.25, 0.3) is 5.91 Å². The van der Waals surface area contributed by atoms with E-state index in [2.05, 4.69) is 15.4 Å². The molecule has 0 fully saturated rings. The number of aryl methyl sites for hydroxylation is 1. The molecule has 0 radical (unpaired) electrons. The number of aromatic nitrogens is 3. The quantitative estimate of drug-likeness (QED) is 0.540. The maximum absolute atomic E-state index is 13.1. The summed E-state index contributed by atoms with van der Waals surface area (Å²) in [4.78, 5) is 17.1. The van der Waals surface area contributed by atoms with Gasteiger partial charge in [0, 0.05) is 17.4 Å². The highest BCUT2D eigenvalue weighted by molar-refractivity contribution is 6.05. The van der Waals surface area contributed by atoms with Crippen LogP contribution in [0.25, 0.3) is 16.8 Å².